The summed E-state index contributed by atoms with van der Waals surface area (Å²) in [6.45, 7) is 0.175. The zero-order valence-corrected chi connectivity index (χ0v) is 7.16. The van der Waals surface area contributed by atoms with Crippen LogP contribution in [0.15, 0.2) is 11.0 Å². The Bertz CT molecular complexity index is 514. The van der Waals surface area contributed by atoms with E-state index in [1.807, 2.05) is 5.48 Å². The predicted molar refractivity (Wildman–Crippen MR) is 49.8 cm³/mol. The molecule has 14 heavy (non-hydrogen) atoms. The second kappa shape index (κ2) is 3.13. The molecule has 0 aliphatic heterocycles. The Kier molecular flexibility index (Phi) is 1.95. The topological polar surface area (TPSA) is 120 Å². The van der Waals surface area contributed by atoms with Gasteiger partial charge in [0.05, 0.1) is 5.39 Å². The Morgan fingerprint density at radius 2 is 2.43 bits per heavy atom. The second-order valence-electron chi connectivity index (χ2n) is 2.83. The highest BCUT2D eigenvalue weighted by Crippen LogP contribution is 2.11. The van der Waals surface area contributed by atoms with Crippen molar-refractivity contribution in [3.63, 3.8) is 0 Å². The SMILES string of the molecule is Nc1nc(=O)c2c(CNO)c[nH]c2[nH]1. The molecule has 0 aliphatic carbocycles. The molecular formula is C7H9N5O2. The lowest BCUT2D eigenvalue weighted by Crippen LogP contribution is -2.13. The summed E-state index contributed by atoms with van der Waals surface area (Å²) in [5.74, 6) is 0.0628. The number of aromatic nitrogens is 3. The molecule has 0 saturated heterocycles. The molecule has 0 atom stereocenters. The van der Waals surface area contributed by atoms with Crippen molar-refractivity contribution >= 4 is 17.0 Å². The number of fused-ring (bicyclic) bond motifs is 1. The highest BCUT2D eigenvalue weighted by molar-refractivity contribution is 5.79. The lowest BCUT2D eigenvalue weighted by Gasteiger charge is -1.95. The summed E-state index contributed by atoms with van der Waals surface area (Å²) >= 11 is 0. The number of H-pyrrole nitrogens is 2. The molecule has 74 valence electrons. The monoisotopic (exact) mass is 195 g/mol. The maximum atomic E-state index is 11.4. The molecule has 2 aromatic rings. The lowest BCUT2D eigenvalue weighted by molar-refractivity contribution is 0.161. The van der Waals surface area contributed by atoms with Crippen molar-refractivity contribution < 1.29 is 5.21 Å². The van der Waals surface area contributed by atoms with Crippen LogP contribution in [-0.2, 0) is 6.54 Å². The minimum Gasteiger partial charge on any atom is -0.369 e. The van der Waals surface area contributed by atoms with Gasteiger partial charge in [0.2, 0.25) is 5.95 Å². The van der Waals surface area contributed by atoms with Crippen LogP contribution < -0.4 is 16.8 Å². The first-order valence-corrected chi connectivity index (χ1v) is 3.95. The van der Waals surface area contributed by atoms with Gasteiger partial charge in [-0.3, -0.25) is 4.79 Å². The standard InChI is InChI=1S/C7H9N5O2/c8-7-11-5-4(6(13)12-7)3(1-9-5)2-10-14/h1,10,14H,2H2,(H4,8,9,11,12,13). The van der Waals surface area contributed by atoms with E-state index in [1.165, 1.54) is 0 Å². The number of rotatable bonds is 2. The van der Waals surface area contributed by atoms with Crippen LogP contribution in [0, 0.1) is 0 Å². The maximum Gasteiger partial charge on any atom is 0.284 e. The molecule has 7 heteroatoms. The van der Waals surface area contributed by atoms with E-state index in [0.29, 0.717) is 16.6 Å². The molecule has 0 aliphatic rings. The number of hydrogen-bond acceptors (Lipinski definition) is 5. The van der Waals surface area contributed by atoms with E-state index in [-0.39, 0.29) is 12.5 Å². The van der Waals surface area contributed by atoms with E-state index in [1.54, 1.807) is 6.20 Å². The van der Waals surface area contributed by atoms with Crippen LogP contribution >= 0.6 is 0 Å². The van der Waals surface area contributed by atoms with Crippen molar-refractivity contribution in [3.8, 4) is 0 Å². The first kappa shape index (κ1) is 8.73. The van der Waals surface area contributed by atoms with Gasteiger partial charge >= 0.3 is 0 Å². The molecule has 0 amide bonds. The van der Waals surface area contributed by atoms with Gasteiger partial charge in [0.1, 0.15) is 5.65 Å². The summed E-state index contributed by atoms with van der Waals surface area (Å²) in [7, 11) is 0. The number of nitrogen functional groups attached to an aromatic ring is 1. The Balaban J connectivity index is 2.73. The molecule has 0 saturated carbocycles. The van der Waals surface area contributed by atoms with Gasteiger partial charge in [-0.1, -0.05) is 0 Å². The Morgan fingerprint density at radius 3 is 3.14 bits per heavy atom. The normalized spacial score (nSPS) is 10.9. The molecule has 0 radical (unpaired) electrons. The zero-order valence-electron chi connectivity index (χ0n) is 7.16. The molecule has 0 aromatic carbocycles. The average Bonchev–Trinajstić information content (AvgIpc) is 2.49. The fourth-order valence-corrected chi connectivity index (χ4v) is 1.35. The van der Waals surface area contributed by atoms with Crippen LogP contribution in [0.4, 0.5) is 5.95 Å². The Morgan fingerprint density at radius 1 is 1.64 bits per heavy atom. The molecule has 2 heterocycles. The van der Waals surface area contributed by atoms with E-state index in [0.717, 1.165) is 0 Å². The van der Waals surface area contributed by atoms with E-state index < -0.39 is 5.56 Å². The fraction of sp³-hybridized carbons (Fsp3) is 0.143. The third kappa shape index (κ3) is 1.24. The van der Waals surface area contributed by atoms with Crippen molar-refractivity contribution in [2.75, 3.05) is 5.73 Å². The van der Waals surface area contributed by atoms with Crippen molar-refractivity contribution in [1.29, 1.82) is 0 Å². The molecular weight excluding hydrogens is 186 g/mol. The Hall–Kier alpha value is -1.86. The highest BCUT2D eigenvalue weighted by atomic mass is 16.5. The van der Waals surface area contributed by atoms with Crippen LogP contribution in [0.25, 0.3) is 11.0 Å². The molecule has 0 spiro atoms. The molecule has 0 fully saturated rings. The summed E-state index contributed by atoms with van der Waals surface area (Å²) in [5.41, 5.74) is 8.06. The van der Waals surface area contributed by atoms with Gasteiger partial charge in [0, 0.05) is 18.3 Å². The summed E-state index contributed by atoms with van der Waals surface area (Å²) in [5, 5.41) is 8.93. The number of nitrogens with zero attached hydrogens (tertiary/aromatic N) is 1. The largest absolute Gasteiger partial charge is 0.369 e. The first-order chi connectivity index (χ1) is 6.72. The van der Waals surface area contributed by atoms with Crippen LogP contribution in [0.2, 0.25) is 0 Å². The number of anilines is 1. The molecule has 2 rings (SSSR count). The van der Waals surface area contributed by atoms with E-state index in [9.17, 15) is 4.79 Å². The average molecular weight is 195 g/mol. The van der Waals surface area contributed by atoms with Gasteiger partial charge in [-0.05, 0) is 0 Å². The van der Waals surface area contributed by atoms with Gasteiger partial charge in [0.15, 0.2) is 0 Å². The number of nitrogens with two attached hydrogens (primary N) is 1. The van der Waals surface area contributed by atoms with Crippen LogP contribution in [0.1, 0.15) is 5.56 Å². The van der Waals surface area contributed by atoms with Gasteiger partial charge in [-0.2, -0.15) is 4.98 Å². The molecule has 0 bridgehead atoms. The van der Waals surface area contributed by atoms with Crippen molar-refractivity contribution in [3.05, 3.63) is 22.1 Å². The van der Waals surface area contributed by atoms with Crippen LogP contribution in [-0.4, -0.2) is 20.2 Å². The number of hydroxylamine groups is 1. The molecule has 7 nitrogen and oxygen atoms in total. The van der Waals surface area contributed by atoms with Gasteiger partial charge in [0.25, 0.3) is 5.56 Å². The van der Waals surface area contributed by atoms with Crippen LogP contribution in [0.5, 0.6) is 0 Å². The number of nitrogens with one attached hydrogen (secondary N) is 3. The highest BCUT2D eigenvalue weighted by Gasteiger charge is 2.08. The third-order valence-corrected chi connectivity index (χ3v) is 1.92. The van der Waals surface area contributed by atoms with Crippen LogP contribution in [0.3, 0.4) is 0 Å². The summed E-state index contributed by atoms with van der Waals surface area (Å²) in [4.78, 5) is 20.5. The third-order valence-electron chi connectivity index (χ3n) is 1.92. The number of hydrogen-bond donors (Lipinski definition) is 5. The van der Waals surface area contributed by atoms with Gasteiger partial charge in [-0.25, -0.2) is 5.48 Å². The van der Waals surface area contributed by atoms with E-state index in [2.05, 4.69) is 15.0 Å². The molecule has 6 N–H and O–H groups in total. The summed E-state index contributed by atoms with van der Waals surface area (Å²) < 4.78 is 0. The van der Waals surface area contributed by atoms with Gasteiger partial charge < -0.3 is 20.9 Å². The second-order valence-corrected chi connectivity index (χ2v) is 2.83. The minimum atomic E-state index is -0.414. The summed E-state index contributed by atoms with van der Waals surface area (Å²) in [6.07, 6.45) is 1.60. The molecule has 0 unspecified atom stereocenters. The fourth-order valence-electron chi connectivity index (χ4n) is 1.35. The van der Waals surface area contributed by atoms with Crippen molar-refractivity contribution in [1.82, 2.24) is 20.4 Å². The smallest absolute Gasteiger partial charge is 0.284 e. The quantitative estimate of drug-likeness (QED) is 0.406. The van der Waals surface area contributed by atoms with Crippen molar-refractivity contribution in [2.45, 2.75) is 6.54 Å². The lowest BCUT2D eigenvalue weighted by atomic mass is 10.2. The minimum absolute atomic E-state index is 0.0628. The predicted octanol–water partition coefficient (Wildman–Crippen LogP) is -0.688. The Labute approximate surface area is 77.9 Å². The van der Waals surface area contributed by atoms with Crippen molar-refractivity contribution in [2.24, 2.45) is 0 Å². The molecule has 2 aromatic heterocycles. The number of aromatic amines is 2. The maximum absolute atomic E-state index is 11.4. The zero-order chi connectivity index (χ0) is 10.1. The summed E-state index contributed by atoms with van der Waals surface area (Å²) in [6, 6.07) is 0. The van der Waals surface area contributed by atoms with E-state index >= 15 is 0 Å². The van der Waals surface area contributed by atoms with E-state index in [4.69, 9.17) is 10.9 Å². The first-order valence-electron chi connectivity index (χ1n) is 3.95. The van der Waals surface area contributed by atoms with Gasteiger partial charge in [-0.15, -0.1) is 0 Å².